The molecule has 0 saturated carbocycles. The van der Waals surface area contributed by atoms with Crippen LogP contribution in [0.3, 0.4) is 0 Å². The third-order valence-electron chi connectivity index (χ3n) is 3.92. The zero-order valence-electron chi connectivity index (χ0n) is 17.3. The van der Waals surface area contributed by atoms with E-state index in [1.54, 1.807) is 7.11 Å². The Kier molecular flexibility index (Phi) is 11.7. The summed E-state index contributed by atoms with van der Waals surface area (Å²) in [6, 6.07) is 15.6. The Hall–Kier alpha value is -3.00. The lowest BCUT2D eigenvalue weighted by molar-refractivity contribution is -0.134. The topological polar surface area (TPSA) is 102 Å². The Bertz CT molecular complexity index is 806. The number of rotatable bonds is 10. The zero-order chi connectivity index (χ0) is 22.4. The number of carboxylic acid groups (broad SMARTS) is 1. The predicted octanol–water partition coefficient (Wildman–Crippen LogP) is 2.95. The maximum atomic E-state index is 11.8. The number of thioether (sulfide) groups is 1. The number of ether oxygens (including phenoxy) is 2. The van der Waals surface area contributed by atoms with Crippen LogP contribution in [-0.2, 0) is 27.2 Å². The molecule has 1 atom stereocenters. The first-order chi connectivity index (χ1) is 14.4. The van der Waals surface area contributed by atoms with Crippen molar-refractivity contribution >= 4 is 30.0 Å². The summed E-state index contributed by atoms with van der Waals surface area (Å²) in [5, 5.41) is 9.33. The first kappa shape index (κ1) is 25.0. The summed E-state index contributed by atoms with van der Waals surface area (Å²) in [6.45, 7) is 1.65. The molecule has 0 aromatic heterocycles. The van der Waals surface area contributed by atoms with E-state index in [9.17, 15) is 9.59 Å². The molecule has 162 valence electrons. The van der Waals surface area contributed by atoms with E-state index in [2.05, 4.69) is 5.32 Å². The van der Waals surface area contributed by atoms with Crippen molar-refractivity contribution < 1.29 is 29.0 Å². The number of hydrogen-bond donors (Lipinski definition) is 2. The summed E-state index contributed by atoms with van der Waals surface area (Å²) in [5.41, 5.74) is 2.18. The number of methoxy groups -OCH3 is 1. The second kappa shape index (κ2) is 14.1. The molecule has 30 heavy (non-hydrogen) atoms. The van der Waals surface area contributed by atoms with Crippen molar-refractivity contribution in [1.82, 2.24) is 5.32 Å². The highest BCUT2D eigenvalue weighted by Crippen LogP contribution is 2.18. The molecule has 0 bridgehead atoms. The van der Waals surface area contributed by atoms with Gasteiger partial charge in [-0.25, -0.2) is 0 Å². The lowest BCUT2D eigenvalue weighted by Crippen LogP contribution is -2.32. The van der Waals surface area contributed by atoms with Crippen LogP contribution in [0.5, 0.6) is 11.5 Å². The van der Waals surface area contributed by atoms with Gasteiger partial charge in [-0.1, -0.05) is 24.3 Å². The van der Waals surface area contributed by atoms with Gasteiger partial charge in [0.15, 0.2) is 0 Å². The van der Waals surface area contributed by atoms with Gasteiger partial charge in [0, 0.05) is 13.3 Å². The van der Waals surface area contributed by atoms with E-state index in [0.717, 1.165) is 36.0 Å². The van der Waals surface area contributed by atoms with E-state index in [0.29, 0.717) is 19.4 Å². The number of hydrogen-bond acceptors (Lipinski definition) is 6. The van der Waals surface area contributed by atoms with Gasteiger partial charge >= 0.3 is 0 Å². The molecule has 1 unspecified atom stereocenters. The van der Waals surface area contributed by atoms with Crippen LogP contribution in [0.15, 0.2) is 48.5 Å². The van der Waals surface area contributed by atoms with Gasteiger partial charge in [-0.05, 0) is 48.1 Å². The quantitative estimate of drug-likeness (QED) is 0.556. The van der Waals surface area contributed by atoms with Gasteiger partial charge in [-0.15, -0.1) is 0 Å². The normalized spacial score (nSPS) is 10.8. The average molecular weight is 434 g/mol. The minimum Gasteiger partial charge on any atom is -0.497 e. The fraction of sp³-hybridized carbons (Fsp3) is 0.318. The van der Waals surface area contributed by atoms with Crippen molar-refractivity contribution in [1.29, 1.82) is 0 Å². The molecular formula is C22H27NO6S. The number of benzene rings is 2. The zero-order valence-corrected chi connectivity index (χ0v) is 18.1. The number of carboxylic acids is 1. The van der Waals surface area contributed by atoms with Crippen LogP contribution in [-0.4, -0.2) is 48.6 Å². The minimum absolute atomic E-state index is 0.272. The second-order valence-corrected chi connectivity index (χ2v) is 7.21. The number of carbonyl (C=O) groups excluding carboxylic acids is 2. The van der Waals surface area contributed by atoms with Gasteiger partial charge < -0.3 is 14.6 Å². The average Bonchev–Trinajstić information content (AvgIpc) is 2.73. The van der Waals surface area contributed by atoms with Crippen molar-refractivity contribution in [3.8, 4) is 11.5 Å². The standard InChI is InChI=1S/C20H23NO4S.C2H4O2/c1-24-18-5-3-4-15(12-18)10-11-25-17-8-6-16(7-9-17)13-19(26-2)20(23)21-14-22;1-2(3)4/h3-9,12,14,19H,10-11,13H2,1-2H3,(H,21,22,23);1H3,(H,3,4). The molecule has 2 N–H and O–H groups in total. The summed E-state index contributed by atoms with van der Waals surface area (Å²) in [7, 11) is 1.65. The van der Waals surface area contributed by atoms with Crippen molar-refractivity contribution in [3.63, 3.8) is 0 Å². The van der Waals surface area contributed by atoms with Gasteiger partial charge in [-0.3, -0.25) is 19.7 Å². The molecule has 2 amide bonds. The Morgan fingerprint density at radius 1 is 1.13 bits per heavy atom. The van der Waals surface area contributed by atoms with Crippen molar-refractivity contribution in [2.24, 2.45) is 0 Å². The predicted molar refractivity (Wildman–Crippen MR) is 117 cm³/mol. The lowest BCUT2D eigenvalue weighted by Gasteiger charge is -2.13. The van der Waals surface area contributed by atoms with Crippen molar-refractivity contribution in [3.05, 3.63) is 59.7 Å². The SMILES string of the molecule is CC(=O)O.COc1cccc(CCOc2ccc(CC(SC)C(=O)NC=O)cc2)c1. The van der Waals surface area contributed by atoms with E-state index < -0.39 is 5.97 Å². The highest BCUT2D eigenvalue weighted by Gasteiger charge is 2.17. The second-order valence-electron chi connectivity index (χ2n) is 6.17. The summed E-state index contributed by atoms with van der Waals surface area (Å²) >= 11 is 1.42. The Balaban J connectivity index is 0.00000103. The molecule has 0 spiro atoms. The van der Waals surface area contributed by atoms with Crippen molar-refractivity contribution in [2.75, 3.05) is 20.0 Å². The van der Waals surface area contributed by atoms with Crippen LogP contribution in [0.25, 0.3) is 0 Å². The molecule has 0 aliphatic carbocycles. The molecule has 2 aromatic carbocycles. The van der Waals surface area contributed by atoms with Gasteiger partial charge in [-0.2, -0.15) is 11.8 Å². The first-order valence-electron chi connectivity index (χ1n) is 9.20. The highest BCUT2D eigenvalue weighted by atomic mass is 32.2. The number of amides is 2. The minimum atomic E-state index is -0.833. The van der Waals surface area contributed by atoms with Gasteiger partial charge in [0.25, 0.3) is 5.97 Å². The molecule has 0 saturated heterocycles. The molecule has 0 aliphatic heterocycles. The third kappa shape index (κ3) is 9.97. The molecule has 0 fully saturated rings. The molecule has 7 nitrogen and oxygen atoms in total. The fourth-order valence-corrected chi connectivity index (χ4v) is 3.13. The molecule has 0 aliphatic rings. The molecule has 2 rings (SSSR count). The smallest absolute Gasteiger partial charge is 0.300 e. The number of carbonyl (C=O) groups is 3. The van der Waals surface area contributed by atoms with Crippen LogP contribution >= 0.6 is 11.8 Å². The van der Waals surface area contributed by atoms with Crippen LogP contribution in [0.1, 0.15) is 18.1 Å². The van der Waals surface area contributed by atoms with Crippen molar-refractivity contribution in [2.45, 2.75) is 25.0 Å². The van der Waals surface area contributed by atoms with Gasteiger partial charge in [0.1, 0.15) is 11.5 Å². The molecule has 8 heteroatoms. The summed E-state index contributed by atoms with van der Waals surface area (Å²) in [5.74, 6) is 0.523. The Labute approximate surface area is 180 Å². The highest BCUT2D eigenvalue weighted by molar-refractivity contribution is 7.99. The van der Waals surface area contributed by atoms with E-state index in [1.165, 1.54) is 11.8 Å². The number of aliphatic carboxylic acids is 1. The van der Waals surface area contributed by atoms with Crippen LogP contribution in [0.4, 0.5) is 0 Å². The summed E-state index contributed by atoms with van der Waals surface area (Å²) in [4.78, 5) is 31.2. The Morgan fingerprint density at radius 3 is 2.37 bits per heavy atom. The largest absolute Gasteiger partial charge is 0.497 e. The molecular weight excluding hydrogens is 406 g/mol. The van der Waals surface area contributed by atoms with E-state index in [1.807, 2.05) is 54.8 Å². The summed E-state index contributed by atoms with van der Waals surface area (Å²) < 4.78 is 11.0. The lowest BCUT2D eigenvalue weighted by atomic mass is 10.1. The van der Waals surface area contributed by atoms with Gasteiger partial charge in [0.2, 0.25) is 12.3 Å². The fourth-order valence-electron chi connectivity index (χ4n) is 2.48. The first-order valence-corrected chi connectivity index (χ1v) is 10.5. The van der Waals surface area contributed by atoms with E-state index >= 15 is 0 Å². The number of nitrogens with one attached hydrogen (secondary N) is 1. The van der Waals surface area contributed by atoms with Crippen LogP contribution in [0.2, 0.25) is 0 Å². The summed E-state index contributed by atoms with van der Waals surface area (Å²) in [6.07, 6.45) is 3.63. The third-order valence-corrected chi connectivity index (χ3v) is 4.87. The molecule has 2 aromatic rings. The van der Waals surface area contributed by atoms with Gasteiger partial charge in [0.05, 0.1) is 19.0 Å². The maximum absolute atomic E-state index is 11.8. The van der Waals surface area contributed by atoms with E-state index in [-0.39, 0.29) is 11.2 Å². The molecule has 0 radical (unpaired) electrons. The van der Waals surface area contributed by atoms with Crippen LogP contribution < -0.4 is 14.8 Å². The Morgan fingerprint density at radius 2 is 1.80 bits per heavy atom. The maximum Gasteiger partial charge on any atom is 0.300 e. The number of imide groups is 1. The van der Waals surface area contributed by atoms with E-state index in [4.69, 9.17) is 19.4 Å². The van der Waals surface area contributed by atoms with Crippen LogP contribution in [0, 0.1) is 0 Å². The monoisotopic (exact) mass is 433 g/mol. The molecule has 0 heterocycles.